The Bertz CT molecular complexity index is 1070. The minimum atomic E-state index is -1.10. The van der Waals surface area contributed by atoms with Gasteiger partial charge < -0.3 is 25.3 Å². The van der Waals surface area contributed by atoms with E-state index in [0.717, 1.165) is 0 Å². The lowest BCUT2D eigenvalue weighted by molar-refractivity contribution is -0.159. The zero-order chi connectivity index (χ0) is 22.0. The Hall–Kier alpha value is -2.63. The zero-order valence-electron chi connectivity index (χ0n) is 16.6. The Labute approximate surface area is 185 Å². The first-order chi connectivity index (χ1) is 14.0. The number of carboxylic acids is 1. The summed E-state index contributed by atoms with van der Waals surface area (Å²) in [6.07, 6.45) is 0. The molecule has 4 N–H and O–H groups in total. The van der Waals surface area contributed by atoms with E-state index < -0.39 is 45.8 Å². The summed E-state index contributed by atoms with van der Waals surface area (Å²) in [5, 5.41) is 15.4. The van der Waals surface area contributed by atoms with Crippen LogP contribution < -0.4 is 5.32 Å². The van der Waals surface area contributed by atoms with Crippen LogP contribution in [0.4, 0.5) is 4.39 Å². The molecule has 2 fully saturated rings. The smallest absolute Gasteiger partial charge is 0.327 e. The molecule has 0 bridgehead atoms. The highest BCUT2D eigenvalue weighted by atomic mass is 35.5. The molecule has 4 rings (SSSR count). The molecule has 2 amide bonds. The molecule has 12 heteroatoms. The highest BCUT2D eigenvalue weighted by Crippen LogP contribution is 2.50. The van der Waals surface area contributed by atoms with Crippen molar-refractivity contribution in [3.8, 4) is 11.3 Å². The lowest BCUT2D eigenvalue weighted by Crippen LogP contribution is -2.70. The fourth-order valence-corrected chi connectivity index (χ4v) is 5.77. The number of halogens is 2. The molecule has 0 unspecified atom stereocenters. The lowest BCUT2D eigenvalue weighted by atomic mass is 9.95. The van der Waals surface area contributed by atoms with E-state index in [9.17, 15) is 23.9 Å². The number of amides is 2. The Morgan fingerprint density at radius 1 is 1.39 bits per heavy atom. The number of nitrogens with zero attached hydrogens (tertiary/aromatic N) is 2. The molecule has 166 valence electrons. The summed E-state index contributed by atoms with van der Waals surface area (Å²) < 4.78 is 18.7. The largest absolute Gasteiger partial charge is 0.480 e. The van der Waals surface area contributed by atoms with Crippen molar-refractivity contribution in [1.29, 1.82) is 0 Å². The summed E-state index contributed by atoms with van der Waals surface area (Å²) in [6, 6.07) is 2.17. The number of fused-ring (bicyclic) bond motifs is 1. The Morgan fingerprint density at radius 3 is 2.68 bits per heavy atom. The van der Waals surface area contributed by atoms with Gasteiger partial charge in [-0.15, -0.1) is 11.8 Å². The van der Waals surface area contributed by atoms with E-state index in [-0.39, 0.29) is 33.1 Å². The van der Waals surface area contributed by atoms with Crippen LogP contribution in [0.1, 0.15) is 30.0 Å². The number of nitrogens with one attached hydrogen (secondary N) is 1. The lowest BCUT2D eigenvalue weighted by Gasteiger charge is -2.43. The third kappa shape index (κ3) is 3.46. The standard InChI is InChI=1S/C19H17ClFN3O5S.H2O/c1-7-10(12(23-29-7)11-8(20)5-4-6-9(11)21)15(25)22-13-16(26)24-14(18(27)28)19(2,3)30-17(13)24;/h4-6,13-14,17H,1-3H3,(H,22,25)(H,27,28);1H2/t13-,14+,17-;/m1./s1. The van der Waals surface area contributed by atoms with Crippen molar-refractivity contribution in [2.24, 2.45) is 0 Å². The number of benzene rings is 1. The number of rotatable bonds is 4. The number of carboxylic acid groups (broad SMARTS) is 1. The molecule has 2 saturated heterocycles. The van der Waals surface area contributed by atoms with Crippen LogP contribution >= 0.6 is 23.4 Å². The van der Waals surface area contributed by atoms with Gasteiger partial charge in [0.1, 0.15) is 40.3 Å². The summed E-state index contributed by atoms with van der Waals surface area (Å²) in [5.74, 6) is -2.81. The molecule has 0 radical (unpaired) electrons. The monoisotopic (exact) mass is 471 g/mol. The van der Waals surface area contributed by atoms with Gasteiger partial charge in [0, 0.05) is 4.75 Å². The molecule has 1 aromatic carbocycles. The van der Waals surface area contributed by atoms with Crippen LogP contribution in [0.3, 0.4) is 0 Å². The van der Waals surface area contributed by atoms with Crippen LogP contribution in [0.25, 0.3) is 11.3 Å². The Balaban J connectivity index is 0.00000272. The van der Waals surface area contributed by atoms with Gasteiger partial charge in [0.05, 0.1) is 10.6 Å². The molecule has 2 aliphatic rings. The van der Waals surface area contributed by atoms with Crippen LogP contribution in [0.5, 0.6) is 0 Å². The van der Waals surface area contributed by atoms with Gasteiger partial charge in [-0.3, -0.25) is 9.59 Å². The Morgan fingerprint density at radius 2 is 2.06 bits per heavy atom. The third-order valence-corrected chi connectivity index (χ3v) is 7.14. The number of hydrogen-bond donors (Lipinski definition) is 2. The van der Waals surface area contributed by atoms with E-state index in [1.165, 1.54) is 41.8 Å². The van der Waals surface area contributed by atoms with E-state index >= 15 is 0 Å². The van der Waals surface area contributed by atoms with Crippen molar-refractivity contribution in [2.75, 3.05) is 0 Å². The first-order valence-corrected chi connectivity index (χ1v) is 10.2. The third-order valence-electron chi connectivity index (χ3n) is 5.25. The van der Waals surface area contributed by atoms with Gasteiger partial charge in [-0.2, -0.15) is 0 Å². The quantitative estimate of drug-likeness (QED) is 0.647. The summed E-state index contributed by atoms with van der Waals surface area (Å²) >= 11 is 7.40. The van der Waals surface area contributed by atoms with Crippen molar-refractivity contribution >= 4 is 41.1 Å². The molecule has 9 nitrogen and oxygen atoms in total. The number of thioether (sulfide) groups is 1. The highest BCUT2D eigenvalue weighted by molar-refractivity contribution is 8.01. The molecule has 31 heavy (non-hydrogen) atoms. The zero-order valence-corrected chi connectivity index (χ0v) is 18.2. The van der Waals surface area contributed by atoms with Crippen LogP contribution in [0.2, 0.25) is 5.02 Å². The highest BCUT2D eigenvalue weighted by Gasteiger charge is 2.64. The van der Waals surface area contributed by atoms with Crippen molar-refractivity contribution in [2.45, 2.75) is 43.0 Å². The van der Waals surface area contributed by atoms with Crippen LogP contribution in [-0.2, 0) is 9.59 Å². The number of carbonyl (C=O) groups is 3. The summed E-state index contributed by atoms with van der Waals surface area (Å²) in [6.45, 7) is 4.97. The molecule has 0 saturated carbocycles. The average Bonchev–Trinajstić information content (AvgIpc) is 3.14. The number of aromatic nitrogens is 1. The molecule has 3 atom stereocenters. The number of β-lactam (4-membered cyclic amide) rings is 1. The van der Waals surface area contributed by atoms with Crippen LogP contribution in [0.15, 0.2) is 22.7 Å². The van der Waals surface area contributed by atoms with E-state index in [4.69, 9.17) is 16.1 Å². The van der Waals surface area contributed by atoms with Crippen molar-refractivity contribution in [3.63, 3.8) is 0 Å². The molecular formula is C19H19ClFN3O6S. The second-order valence-electron chi connectivity index (χ2n) is 7.61. The van der Waals surface area contributed by atoms with Crippen LogP contribution in [0, 0.1) is 12.7 Å². The summed E-state index contributed by atoms with van der Waals surface area (Å²) in [4.78, 5) is 38.5. The molecule has 0 spiro atoms. The number of carbonyl (C=O) groups excluding carboxylic acids is 2. The van der Waals surface area contributed by atoms with Gasteiger partial charge in [-0.25, -0.2) is 9.18 Å². The number of aliphatic carboxylic acids is 1. The van der Waals surface area contributed by atoms with Crippen molar-refractivity contribution in [1.82, 2.24) is 15.4 Å². The maximum Gasteiger partial charge on any atom is 0.327 e. The Kier molecular flexibility index (Phi) is 5.80. The second kappa shape index (κ2) is 7.81. The predicted molar refractivity (Wildman–Crippen MR) is 110 cm³/mol. The van der Waals surface area contributed by atoms with Crippen LogP contribution in [-0.4, -0.2) is 60.6 Å². The molecule has 0 aliphatic carbocycles. The first kappa shape index (κ1) is 23.0. The molecule has 1 aromatic heterocycles. The minimum Gasteiger partial charge on any atom is -0.480 e. The van der Waals surface area contributed by atoms with Gasteiger partial charge >= 0.3 is 5.97 Å². The van der Waals surface area contributed by atoms with Gasteiger partial charge in [0.2, 0.25) is 5.91 Å². The molecular weight excluding hydrogens is 453 g/mol. The van der Waals surface area contributed by atoms with Crippen molar-refractivity contribution in [3.05, 3.63) is 40.4 Å². The average molecular weight is 472 g/mol. The van der Waals surface area contributed by atoms with E-state index in [2.05, 4.69) is 10.5 Å². The topological polar surface area (TPSA) is 144 Å². The van der Waals surface area contributed by atoms with E-state index in [1.54, 1.807) is 13.8 Å². The van der Waals surface area contributed by atoms with Gasteiger partial charge in [0.25, 0.3) is 5.91 Å². The van der Waals surface area contributed by atoms with Crippen molar-refractivity contribution < 1.29 is 33.9 Å². The van der Waals surface area contributed by atoms with Gasteiger partial charge in [-0.05, 0) is 32.9 Å². The maximum atomic E-state index is 14.4. The fraction of sp³-hybridized carbons (Fsp3) is 0.368. The summed E-state index contributed by atoms with van der Waals surface area (Å²) in [5.41, 5.74) is -0.185. The maximum absolute atomic E-state index is 14.4. The fourth-order valence-electron chi connectivity index (χ4n) is 3.89. The molecule has 2 aromatic rings. The number of hydrogen-bond acceptors (Lipinski definition) is 6. The summed E-state index contributed by atoms with van der Waals surface area (Å²) in [7, 11) is 0. The molecule has 3 heterocycles. The van der Waals surface area contributed by atoms with E-state index in [1.807, 2.05) is 0 Å². The normalized spacial score (nSPS) is 23.6. The minimum absolute atomic E-state index is 0. The first-order valence-electron chi connectivity index (χ1n) is 8.99. The number of aryl methyl sites for hydroxylation is 1. The SMILES string of the molecule is Cc1onc(-c2c(F)cccc2Cl)c1C(=O)N[C@@H]1C(=O)N2[C@@H]1SC(C)(C)[C@@H]2C(=O)O.O. The second-order valence-corrected chi connectivity index (χ2v) is 9.79. The predicted octanol–water partition coefficient (Wildman–Crippen LogP) is 1.86. The molecule has 2 aliphatic heterocycles. The van der Waals surface area contributed by atoms with Gasteiger partial charge in [-0.1, -0.05) is 22.8 Å². The van der Waals surface area contributed by atoms with E-state index in [0.29, 0.717) is 0 Å². The van der Waals surface area contributed by atoms with Gasteiger partial charge in [0.15, 0.2) is 0 Å².